The molecule has 0 radical (unpaired) electrons. The molecule has 0 spiro atoms. The second-order valence-electron chi connectivity index (χ2n) is 4.48. The van der Waals surface area contributed by atoms with Gasteiger partial charge < -0.3 is 21.5 Å². The summed E-state index contributed by atoms with van der Waals surface area (Å²) < 4.78 is 0. The van der Waals surface area contributed by atoms with Crippen LogP contribution in [0.5, 0.6) is 0 Å². The van der Waals surface area contributed by atoms with Gasteiger partial charge in [-0.3, -0.25) is 4.79 Å². The molecule has 20 heavy (non-hydrogen) atoms. The van der Waals surface area contributed by atoms with Gasteiger partial charge in [-0.2, -0.15) is 0 Å². The normalized spacial score (nSPS) is 11.5. The zero-order valence-corrected chi connectivity index (χ0v) is 11.3. The summed E-state index contributed by atoms with van der Waals surface area (Å²) in [6.07, 6.45) is -0.463. The van der Waals surface area contributed by atoms with Crippen LogP contribution in [0.1, 0.15) is 17.5 Å². The van der Waals surface area contributed by atoms with E-state index in [9.17, 15) is 14.4 Å². The highest BCUT2D eigenvalue weighted by Crippen LogP contribution is 2.16. The predicted octanol–water partition coefficient (Wildman–Crippen LogP) is 0.754. The van der Waals surface area contributed by atoms with Crippen molar-refractivity contribution in [2.75, 3.05) is 5.32 Å². The summed E-state index contributed by atoms with van der Waals surface area (Å²) in [5, 5.41) is 13.6. The first kappa shape index (κ1) is 15.5. The zero-order chi connectivity index (χ0) is 15.3. The number of carbonyl (C=O) groups excluding carboxylic acids is 2. The minimum absolute atomic E-state index is 0.463. The minimum Gasteiger partial charge on any atom is -0.480 e. The standard InChI is InChI=1S/C13H17N3O4/c1-7-3-4-8(2)9(5-7)15-13(20)16-10(12(18)19)6-11(14)17/h3-5,10H,6H2,1-2H3,(H2,14,17)(H,18,19)(H2,15,16,20). The number of urea groups is 1. The van der Waals surface area contributed by atoms with Crippen LogP contribution >= 0.6 is 0 Å². The van der Waals surface area contributed by atoms with Gasteiger partial charge in [0.05, 0.1) is 6.42 Å². The Morgan fingerprint density at radius 1 is 1.30 bits per heavy atom. The molecule has 3 amide bonds. The molecule has 5 N–H and O–H groups in total. The lowest BCUT2D eigenvalue weighted by Crippen LogP contribution is -2.45. The number of aryl methyl sites for hydroxylation is 2. The molecule has 0 aliphatic carbocycles. The van der Waals surface area contributed by atoms with E-state index in [1.807, 2.05) is 26.0 Å². The molecule has 0 aliphatic heterocycles. The first-order chi connectivity index (χ1) is 9.29. The number of nitrogens with one attached hydrogen (secondary N) is 2. The van der Waals surface area contributed by atoms with Crippen LogP contribution in [0, 0.1) is 13.8 Å². The summed E-state index contributed by atoms with van der Waals surface area (Å²) in [5.74, 6) is -2.12. The third kappa shape index (κ3) is 4.60. The Morgan fingerprint density at radius 2 is 1.95 bits per heavy atom. The number of amides is 3. The van der Waals surface area contributed by atoms with Crippen molar-refractivity contribution in [1.82, 2.24) is 5.32 Å². The molecule has 0 fully saturated rings. The van der Waals surface area contributed by atoms with Crippen molar-refractivity contribution in [3.05, 3.63) is 29.3 Å². The van der Waals surface area contributed by atoms with Crippen LogP contribution in [-0.2, 0) is 9.59 Å². The average molecular weight is 279 g/mol. The number of primary amides is 1. The highest BCUT2D eigenvalue weighted by atomic mass is 16.4. The Hall–Kier alpha value is -2.57. The third-order valence-electron chi connectivity index (χ3n) is 2.65. The Balaban J connectivity index is 2.72. The van der Waals surface area contributed by atoms with Crippen molar-refractivity contribution < 1.29 is 19.5 Å². The molecule has 1 unspecified atom stereocenters. The number of carbonyl (C=O) groups is 3. The molecule has 0 bridgehead atoms. The van der Waals surface area contributed by atoms with Gasteiger partial charge in [-0.05, 0) is 31.0 Å². The maximum atomic E-state index is 11.7. The quantitative estimate of drug-likeness (QED) is 0.635. The van der Waals surface area contributed by atoms with Crippen LogP contribution in [0.4, 0.5) is 10.5 Å². The van der Waals surface area contributed by atoms with E-state index in [2.05, 4.69) is 10.6 Å². The topological polar surface area (TPSA) is 122 Å². The second kappa shape index (κ2) is 6.55. The summed E-state index contributed by atoms with van der Waals surface area (Å²) in [4.78, 5) is 33.4. The predicted molar refractivity (Wildman–Crippen MR) is 73.3 cm³/mol. The van der Waals surface area contributed by atoms with Gasteiger partial charge in [0, 0.05) is 5.69 Å². The number of anilines is 1. The van der Waals surface area contributed by atoms with Crippen LogP contribution in [-0.4, -0.2) is 29.1 Å². The van der Waals surface area contributed by atoms with Crippen molar-refractivity contribution in [3.63, 3.8) is 0 Å². The van der Waals surface area contributed by atoms with Crippen molar-refractivity contribution in [2.24, 2.45) is 5.73 Å². The largest absolute Gasteiger partial charge is 0.480 e. The summed E-state index contributed by atoms with van der Waals surface area (Å²) in [5.41, 5.74) is 7.30. The summed E-state index contributed by atoms with van der Waals surface area (Å²) in [6, 6.07) is 3.44. The summed E-state index contributed by atoms with van der Waals surface area (Å²) in [7, 11) is 0. The molecule has 0 saturated heterocycles. The number of nitrogens with two attached hydrogens (primary N) is 1. The number of hydrogen-bond acceptors (Lipinski definition) is 3. The lowest BCUT2D eigenvalue weighted by Gasteiger charge is -2.15. The Morgan fingerprint density at radius 3 is 2.50 bits per heavy atom. The zero-order valence-electron chi connectivity index (χ0n) is 11.3. The van der Waals surface area contributed by atoms with E-state index >= 15 is 0 Å². The van der Waals surface area contributed by atoms with Gasteiger partial charge in [0.15, 0.2) is 0 Å². The maximum Gasteiger partial charge on any atom is 0.326 e. The van der Waals surface area contributed by atoms with Gasteiger partial charge in [0.1, 0.15) is 6.04 Å². The number of carboxylic acid groups (broad SMARTS) is 1. The van der Waals surface area contributed by atoms with Crippen LogP contribution in [0.15, 0.2) is 18.2 Å². The lowest BCUT2D eigenvalue weighted by molar-refractivity contribution is -0.140. The molecular formula is C13H17N3O4. The second-order valence-corrected chi connectivity index (χ2v) is 4.48. The van der Waals surface area contributed by atoms with Gasteiger partial charge in [-0.25, -0.2) is 9.59 Å². The molecule has 108 valence electrons. The van der Waals surface area contributed by atoms with E-state index in [-0.39, 0.29) is 0 Å². The molecule has 0 aromatic heterocycles. The van der Waals surface area contributed by atoms with E-state index in [0.29, 0.717) is 5.69 Å². The van der Waals surface area contributed by atoms with E-state index in [0.717, 1.165) is 11.1 Å². The smallest absolute Gasteiger partial charge is 0.326 e. The van der Waals surface area contributed by atoms with Crippen molar-refractivity contribution >= 4 is 23.6 Å². The first-order valence-electron chi connectivity index (χ1n) is 5.95. The van der Waals surface area contributed by atoms with Gasteiger partial charge in [0.25, 0.3) is 0 Å². The third-order valence-corrected chi connectivity index (χ3v) is 2.65. The van der Waals surface area contributed by atoms with Crippen LogP contribution in [0.25, 0.3) is 0 Å². The van der Waals surface area contributed by atoms with Crippen LogP contribution in [0.2, 0.25) is 0 Å². The molecule has 0 heterocycles. The molecule has 7 heteroatoms. The number of benzene rings is 1. The molecule has 0 saturated carbocycles. The molecule has 1 atom stereocenters. The highest BCUT2D eigenvalue weighted by Gasteiger charge is 2.22. The van der Waals surface area contributed by atoms with Gasteiger partial charge >= 0.3 is 12.0 Å². The fraction of sp³-hybridized carbons (Fsp3) is 0.308. The SMILES string of the molecule is Cc1ccc(C)c(NC(=O)NC(CC(N)=O)C(=O)O)c1. The van der Waals surface area contributed by atoms with Crippen LogP contribution < -0.4 is 16.4 Å². The van der Waals surface area contributed by atoms with E-state index in [1.165, 1.54) is 0 Å². The molecular weight excluding hydrogens is 262 g/mol. The van der Waals surface area contributed by atoms with E-state index in [1.54, 1.807) is 6.07 Å². The monoisotopic (exact) mass is 279 g/mol. The molecule has 1 aromatic carbocycles. The Kier molecular flexibility index (Phi) is 5.08. The summed E-state index contributed by atoms with van der Waals surface area (Å²) in [6.45, 7) is 3.68. The van der Waals surface area contributed by atoms with Crippen molar-refractivity contribution in [1.29, 1.82) is 0 Å². The fourth-order valence-corrected chi connectivity index (χ4v) is 1.59. The Bertz CT molecular complexity index is 542. The van der Waals surface area contributed by atoms with E-state index < -0.39 is 30.4 Å². The first-order valence-corrected chi connectivity index (χ1v) is 5.95. The van der Waals surface area contributed by atoms with Crippen molar-refractivity contribution in [3.8, 4) is 0 Å². The fourth-order valence-electron chi connectivity index (χ4n) is 1.59. The van der Waals surface area contributed by atoms with Crippen LogP contribution in [0.3, 0.4) is 0 Å². The molecule has 7 nitrogen and oxygen atoms in total. The number of aliphatic carboxylic acids is 1. The van der Waals surface area contributed by atoms with Gasteiger partial charge in [-0.1, -0.05) is 12.1 Å². The van der Waals surface area contributed by atoms with Crippen molar-refractivity contribution in [2.45, 2.75) is 26.3 Å². The molecule has 1 aromatic rings. The maximum absolute atomic E-state index is 11.7. The minimum atomic E-state index is -1.35. The van der Waals surface area contributed by atoms with Gasteiger partial charge in [-0.15, -0.1) is 0 Å². The Labute approximate surface area is 116 Å². The highest BCUT2D eigenvalue weighted by molar-refractivity contribution is 5.94. The molecule has 0 aliphatic rings. The number of rotatable bonds is 5. The molecule has 1 rings (SSSR count). The van der Waals surface area contributed by atoms with E-state index in [4.69, 9.17) is 10.8 Å². The number of hydrogen-bond donors (Lipinski definition) is 4. The van der Waals surface area contributed by atoms with Gasteiger partial charge in [0.2, 0.25) is 5.91 Å². The number of carboxylic acids is 1. The summed E-state index contributed by atoms with van der Waals surface area (Å²) >= 11 is 0. The lowest BCUT2D eigenvalue weighted by atomic mass is 10.1. The average Bonchev–Trinajstić information content (AvgIpc) is 2.32.